The van der Waals surface area contributed by atoms with Crippen molar-refractivity contribution in [1.29, 1.82) is 0 Å². The predicted molar refractivity (Wildman–Crippen MR) is 474 cm³/mol. The quantitative estimate of drug-likeness (QED) is 0.0532. The summed E-state index contributed by atoms with van der Waals surface area (Å²) in [5.74, 6) is -7.45. The fraction of sp³-hybridized carbons (Fsp3) is 0.370. The molecule has 34 nitrogen and oxygen atoms in total. The number of aromatic nitrogens is 6. The Kier molecular flexibility index (Phi) is 28.6. The van der Waals surface area contributed by atoms with Gasteiger partial charge in [-0.2, -0.15) is 0 Å². The zero-order chi connectivity index (χ0) is 91.5. The van der Waals surface area contributed by atoms with Gasteiger partial charge in [0.25, 0.3) is 31.9 Å². The van der Waals surface area contributed by atoms with Crippen molar-refractivity contribution in [2.45, 2.75) is 189 Å². The number of nitrogens with zero attached hydrogens (tertiary/aromatic N) is 8. The lowest BCUT2D eigenvalue weighted by Gasteiger charge is -2.36. The van der Waals surface area contributed by atoms with Crippen molar-refractivity contribution in [3.8, 4) is 11.5 Å². The largest absolute Gasteiger partial charge is 0.487 e. The fourth-order valence-electron chi connectivity index (χ4n) is 15.6. The number of sulfonamides is 2. The average molecular weight is 1780 g/mol. The molecule has 16 rings (SSSR count). The number of carbonyl (C=O) groups is 10. The number of nitrogens with one attached hydrogen (secondary N) is 10. The Bertz CT molecular complexity index is 5630. The number of likely N-dealkylation sites (tertiary alicyclic amines) is 2. The molecule has 0 spiro atoms. The minimum Gasteiger partial charge on any atom is -0.487 e. The third kappa shape index (κ3) is 22.7. The van der Waals surface area contributed by atoms with Crippen molar-refractivity contribution < 1.29 is 74.3 Å². The lowest BCUT2D eigenvalue weighted by Crippen LogP contribution is -2.61. The van der Waals surface area contributed by atoms with Gasteiger partial charge in [0.1, 0.15) is 84.4 Å². The zero-order valence-electron chi connectivity index (χ0n) is 72.6. The first-order valence-electron chi connectivity index (χ1n) is 42.2. The van der Waals surface area contributed by atoms with Gasteiger partial charge >= 0.3 is 0 Å². The van der Waals surface area contributed by atoms with E-state index in [4.69, 9.17) is 9.47 Å². The minimum absolute atomic E-state index is 0.120. The Hall–Kier alpha value is -13.3. The minimum atomic E-state index is -4.58. The normalized spacial score (nSPS) is 20.4. The van der Waals surface area contributed by atoms with Crippen molar-refractivity contribution in [3.63, 3.8) is 0 Å². The van der Waals surface area contributed by atoms with E-state index in [0.29, 0.717) is 22.3 Å². The van der Waals surface area contributed by atoms with E-state index in [-0.39, 0.29) is 97.5 Å². The molecule has 672 valence electrons. The van der Waals surface area contributed by atoms with Crippen LogP contribution in [0.3, 0.4) is 0 Å². The van der Waals surface area contributed by atoms with Crippen molar-refractivity contribution in [1.82, 2.24) is 91.8 Å². The van der Waals surface area contributed by atoms with Gasteiger partial charge in [-0.1, -0.05) is 198 Å². The highest BCUT2D eigenvalue weighted by Gasteiger charge is 2.49. The molecule has 8 aromatic carbocycles. The van der Waals surface area contributed by atoms with Gasteiger partial charge in [0.05, 0.1) is 46.4 Å². The Morgan fingerprint density at radius 3 is 1.16 bits per heavy atom. The molecule has 0 radical (unpaired) electrons. The van der Waals surface area contributed by atoms with Crippen molar-refractivity contribution >= 4 is 101 Å². The first kappa shape index (κ1) is 92.4. The number of amides is 10. The molecule has 10 amide bonds. The number of benzene rings is 8. The number of rotatable bonds is 18. The molecule has 2 fully saturated rings. The summed E-state index contributed by atoms with van der Waals surface area (Å²) in [7, 11) is -5.98. The van der Waals surface area contributed by atoms with Gasteiger partial charge in [-0.3, -0.25) is 47.9 Å². The molecule has 2 aromatic heterocycles. The van der Waals surface area contributed by atoms with Gasteiger partial charge in [0, 0.05) is 51.6 Å². The van der Waals surface area contributed by atoms with Gasteiger partial charge in [0.15, 0.2) is 0 Å². The third-order valence-electron chi connectivity index (χ3n) is 23.2. The summed E-state index contributed by atoms with van der Waals surface area (Å²) in [6, 6.07) is 38.3. The fourth-order valence-corrected chi connectivity index (χ4v) is 17.7. The Labute approximate surface area is 741 Å². The Morgan fingerprint density at radius 2 is 0.805 bits per heavy atom. The summed E-state index contributed by atoms with van der Waals surface area (Å²) in [5, 5.41) is 44.1. The van der Waals surface area contributed by atoms with Gasteiger partial charge in [0.2, 0.25) is 47.3 Å². The van der Waals surface area contributed by atoms with E-state index in [1.54, 1.807) is 155 Å². The average Bonchev–Trinajstić information content (AvgIpc) is 1.63. The molecule has 128 heavy (non-hydrogen) atoms. The molecular weight excluding hydrogens is 1680 g/mol. The van der Waals surface area contributed by atoms with E-state index >= 15 is 28.8 Å². The van der Waals surface area contributed by atoms with Crippen LogP contribution >= 0.6 is 0 Å². The van der Waals surface area contributed by atoms with E-state index in [2.05, 4.69) is 72.6 Å². The van der Waals surface area contributed by atoms with Crippen LogP contribution in [0.2, 0.25) is 0 Å². The Balaban J connectivity index is 0.875. The number of carbonyl (C=O) groups excluding carboxylic acids is 10. The second-order valence-electron chi connectivity index (χ2n) is 34.7. The van der Waals surface area contributed by atoms with Crippen LogP contribution in [0.4, 0.5) is 0 Å². The van der Waals surface area contributed by atoms with E-state index < -0.39 is 162 Å². The van der Waals surface area contributed by atoms with Crippen LogP contribution < -0.4 is 61.5 Å². The lowest BCUT2D eigenvalue weighted by atomic mass is 9.85. The van der Waals surface area contributed by atoms with Crippen LogP contribution in [0.15, 0.2) is 216 Å². The summed E-state index contributed by atoms with van der Waals surface area (Å²) < 4.78 is 76.0. The Morgan fingerprint density at radius 1 is 0.453 bits per heavy atom. The highest BCUT2D eigenvalue weighted by molar-refractivity contribution is 7.90. The summed E-state index contributed by atoms with van der Waals surface area (Å²) in [6.45, 7) is 13.1. The smallest absolute Gasteiger partial charge is 0.264 e. The van der Waals surface area contributed by atoms with Crippen LogP contribution in [0, 0.1) is 10.8 Å². The monoisotopic (exact) mass is 1780 g/mol. The van der Waals surface area contributed by atoms with E-state index in [1.807, 2.05) is 72.8 Å². The molecule has 10 N–H and O–H groups in total. The molecule has 36 heteroatoms. The van der Waals surface area contributed by atoms with Gasteiger partial charge < -0.3 is 61.8 Å². The van der Waals surface area contributed by atoms with Crippen LogP contribution in [0.5, 0.6) is 11.5 Å². The third-order valence-corrected chi connectivity index (χ3v) is 25.9. The van der Waals surface area contributed by atoms with Gasteiger partial charge in [-0.05, 0) is 131 Å². The lowest BCUT2D eigenvalue weighted by molar-refractivity contribution is -0.144. The summed E-state index contributed by atoms with van der Waals surface area (Å²) in [6.07, 6.45) is 1.85. The topological polar surface area (TPSA) is 446 Å². The molecule has 2 saturated heterocycles. The van der Waals surface area contributed by atoms with Crippen LogP contribution in [0.1, 0.15) is 114 Å². The SMILES string of the molecule is CNC(C)C(=O)NC(C(=O)N1CC2CC1C(=O)NC(Cc1ccc3ccccc3c1)C(=O)NC(C(=O)NS(=O)(=O)c1ccccc1)Cc1ccc(cc1)OCc1cn(nn1)C1CC(C(=O)NC(Cc3ccc4ccccc4c3)C(=O)NC(C(=O)NS(=O)(=O)c3ccccc3)Cc3ccc(cc3)OCc3cn2nn3)N(C(=O)C(NC(=O)C(C)NC)C(C)(C)C)C1)C(C)(C)C. The highest BCUT2D eigenvalue weighted by Crippen LogP contribution is 2.35. The standard InChI is InChI=1S/C92H106N18O16S2/c1-55(93-9)81(111)99-79(91(3,4)5)89(119)107-51-67-47-77(107)87(117)97-73(45-59-29-35-61-21-17-19-23-63(61)41-59)83(113)95-75(85(115)103-127(121,122)71-25-13-11-14-26-71)43-57-33-39-70(40-34-57)126-54-66-50-110(106-102-66)68-48-78(108(52-68)90(120)80(92(6,7)8)100-82(112)56(2)94-10)88(118)98-74(46-60-30-36-62-22-18-20-24-64(62)42-60)84(114)96-76(86(116)104-128(123,124)72-27-15-12-16-28-72)44-58-31-37-69(38-32-58)125-53-65-49-109(67)105-101-65/h11-42,49-50,55-56,67-68,73-80,93-94H,43-48,51-54H2,1-10H3,(H,95,113)(H,96,114)(H,97,117)(H,98,118)(H,99,111)(H,100,112)(H,103,115)(H,104,116). The zero-order valence-corrected chi connectivity index (χ0v) is 74.2. The molecule has 10 aromatic rings. The van der Waals surface area contributed by atoms with Gasteiger partial charge in [-0.15, -0.1) is 10.2 Å². The predicted octanol–water partition coefficient (Wildman–Crippen LogP) is 5.13. The molecule has 12 unspecified atom stereocenters. The van der Waals surface area contributed by atoms with Gasteiger partial charge in [-0.25, -0.2) is 35.6 Å². The number of fused-ring (bicyclic) bond motifs is 2. The molecule has 8 heterocycles. The maximum Gasteiger partial charge on any atom is 0.264 e. The van der Waals surface area contributed by atoms with Crippen molar-refractivity contribution in [2.75, 3.05) is 27.2 Å². The number of hydrogen-bond acceptors (Lipinski definition) is 22. The summed E-state index contributed by atoms with van der Waals surface area (Å²) in [5.41, 5.74) is 0.581. The summed E-state index contributed by atoms with van der Waals surface area (Å²) in [4.78, 5) is 153. The highest BCUT2D eigenvalue weighted by atomic mass is 32.2. The summed E-state index contributed by atoms with van der Waals surface area (Å²) >= 11 is 0. The van der Waals surface area contributed by atoms with Crippen molar-refractivity contribution in [3.05, 3.63) is 240 Å². The molecular formula is C92H106N18O16S2. The van der Waals surface area contributed by atoms with E-state index in [9.17, 15) is 36.0 Å². The maximum atomic E-state index is 15.7. The van der Waals surface area contributed by atoms with Crippen LogP contribution in [0.25, 0.3) is 21.5 Å². The van der Waals surface area contributed by atoms with Crippen LogP contribution in [-0.4, -0.2) is 203 Å². The number of likely N-dealkylation sites (N-methyl/N-ethyl adjacent to an activating group) is 2. The molecule has 12 bridgehead atoms. The second-order valence-corrected chi connectivity index (χ2v) is 38.0. The molecule has 0 aliphatic carbocycles. The molecule has 0 saturated carbocycles. The maximum absolute atomic E-state index is 15.7. The van der Waals surface area contributed by atoms with E-state index in [1.165, 1.54) is 67.7 Å². The number of ether oxygens (including phenoxy) is 2. The first-order valence-corrected chi connectivity index (χ1v) is 45.2. The molecule has 12 atom stereocenters. The van der Waals surface area contributed by atoms with Crippen LogP contribution in [-0.2, 0) is 107 Å². The van der Waals surface area contributed by atoms with Crippen molar-refractivity contribution in [2.24, 2.45) is 10.8 Å². The second kappa shape index (κ2) is 39.7. The number of hydrogen-bond donors (Lipinski definition) is 10. The molecule has 6 aliphatic rings. The van der Waals surface area contributed by atoms with E-state index in [0.717, 1.165) is 21.5 Å². The first-order chi connectivity index (χ1) is 61.0. The molecule has 6 aliphatic heterocycles.